The molecule has 1 unspecified atom stereocenters. The van der Waals surface area contributed by atoms with Crippen molar-refractivity contribution in [2.24, 2.45) is 10.9 Å². The van der Waals surface area contributed by atoms with Crippen LogP contribution in [0.2, 0.25) is 0 Å². The number of rotatable bonds is 3. The number of hydrogen-bond acceptors (Lipinski definition) is 4. The summed E-state index contributed by atoms with van der Waals surface area (Å²) in [6, 6.07) is 5.93. The van der Waals surface area contributed by atoms with Crippen LogP contribution in [-0.2, 0) is 16.1 Å². The molecule has 27 heavy (non-hydrogen) atoms. The van der Waals surface area contributed by atoms with Crippen LogP contribution in [0.4, 0.5) is 0 Å². The van der Waals surface area contributed by atoms with Gasteiger partial charge in [0.1, 0.15) is 11.2 Å². The van der Waals surface area contributed by atoms with Crippen molar-refractivity contribution in [3.05, 3.63) is 36.3 Å². The number of nitrogens with zero attached hydrogens (tertiary/aromatic N) is 4. The van der Waals surface area contributed by atoms with E-state index in [2.05, 4.69) is 20.2 Å². The SMILES string of the molecule is CN=C(NCc1cn2ccccc2n1)N1CCC(C(=O)OC(C)(C)C)C1.I. The van der Waals surface area contributed by atoms with Gasteiger partial charge in [-0.1, -0.05) is 6.07 Å². The number of ether oxygens (including phenoxy) is 1. The van der Waals surface area contributed by atoms with Crippen LogP contribution < -0.4 is 5.32 Å². The van der Waals surface area contributed by atoms with Gasteiger partial charge in [0, 0.05) is 32.5 Å². The number of hydrogen-bond donors (Lipinski definition) is 1. The Morgan fingerprint density at radius 2 is 2.19 bits per heavy atom. The lowest BCUT2D eigenvalue weighted by atomic mass is 10.1. The number of carbonyl (C=O) groups is 1. The topological polar surface area (TPSA) is 71.2 Å². The van der Waals surface area contributed by atoms with Crippen LogP contribution in [0.15, 0.2) is 35.6 Å². The Morgan fingerprint density at radius 3 is 2.85 bits per heavy atom. The van der Waals surface area contributed by atoms with Crippen molar-refractivity contribution in [1.82, 2.24) is 19.6 Å². The molecule has 148 valence electrons. The molecule has 0 amide bonds. The third kappa shape index (κ3) is 5.57. The molecule has 8 heteroatoms. The van der Waals surface area contributed by atoms with Gasteiger partial charge < -0.3 is 19.4 Å². The zero-order valence-electron chi connectivity index (χ0n) is 16.3. The number of pyridine rings is 1. The van der Waals surface area contributed by atoms with E-state index >= 15 is 0 Å². The highest BCUT2D eigenvalue weighted by molar-refractivity contribution is 14.0. The van der Waals surface area contributed by atoms with Crippen molar-refractivity contribution >= 4 is 41.6 Å². The monoisotopic (exact) mass is 485 g/mol. The van der Waals surface area contributed by atoms with E-state index in [4.69, 9.17) is 4.74 Å². The number of aliphatic imine (C=N–C) groups is 1. The summed E-state index contributed by atoms with van der Waals surface area (Å²) >= 11 is 0. The van der Waals surface area contributed by atoms with E-state index in [-0.39, 0.29) is 35.9 Å². The molecule has 1 atom stereocenters. The Hall–Kier alpha value is -1.84. The van der Waals surface area contributed by atoms with Gasteiger partial charge >= 0.3 is 5.97 Å². The standard InChI is InChI=1S/C19H27N5O2.HI/c1-19(2,3)26-17(25)14-8-10-24(12-14)18(20-4)21-11-15-13-23-9-6-5-7-16(23)22-15;/h5-7,9,13-14H,8,10-12H2,1-4H3,(H,20,21);1H. The zero-order chi connectivity index (χ0) is 18.7. The normalized spacial score (nSPS) is 17.7. The minimum atomic E-state index is -0.451. The predicted octanol–water partition coefficient (Wildman–Crippen LogP) is 2.69. The van der Waals surface area contributed by atoms with E-state index in [1.54, 1.807) is 7.05 Å². The predicted molar refractivity (Wildman–Crippen MR) is 116 cm³/mol. The van der Waals surface area contributed by atoms with Crippen molar-refractivity contribution in [2.75, 3.05) is 20.1 Å². The van der Waals surface area contributed by atoms with Crippen molar-refractivity contribution in [3.8, 4) is 0 Å². The van der Waals surface area contributed by atoms with Crippen LogP contribution in [0.1, 0.15) is 32.9 Å². The van der Waals surface area contributed by atoms with E-state index in [9.17, 15) is 4.79 Å². The molecule has 1 N–H and O–H groups in total. The second-order valence-corrected chi connectivity index (χ2v) is 7.56. The maximum absolute atomic E-state index is 12.3. The van der Waals surface area contributed by atoms with Crippen LogP contribution in [0.3, 0.4) is 0 Å². The number of guanidine groups is 1. The molecule has 1 aliphatic heterocycles. The number of carbonyl (C=O) groups excluding carboxylic acids is 1. The molecule has 0 aliphatic carbocycles. The first kappa shape index (κ1) is 21.5. The average molecular weight is 485 g/mol. The Morgan fingerprint density at radius 1 is 1.41 bits per heavy atom. The number of halogens is 1. The summed E-state index contributed by atoms with van der Waals surface area (Å²) in [7, 11) is 1.76. The van der Waals surface area contributed by atoms with Crippen molar-refractivity contribution in [1.29, 1.82) is 0 Å². The van der Waals surface area contributed by atoms with Gasteiger partial charge in [0.25, 0.3) is 0 Å². The van der Waals surface area contributed by atoms with Crippen LogP contribution in [0.25, 0.3) is 5.65 Å². The van der Waals surface area contributed by atoms with Gasteiger partial charge in [-0.15, -0.1) is 24.0 Å². The Labute approximate surface area is 177 Å². The Kier molecular flexibility index (Phi) is 7.07. The van der Waals surface area contributed by atoms with E-state index < -0.39 is 5.60 Å². The summed E-state index contributed by atoms with van der Waals surface area (Å²) in [6.07, 6.45) is 4.76. The van der Waals surface area contributed by atoms with Crippen molar-refractivity contribution < 1.29 is 9.53 Å². The molecule has 0 bridgehead atoms. The molecule has 2 aromatic rings. The molecule has 0 spiro atoms. The number of aromatic nitrogens is 2. The van der Waals surface area contributed by atoms with Gasteiger partial charge in [0.15, 0.2) is 5.96 Å². The highest BCUT2D eigenvalue weighted by atomic mass is 127. The number of imidazole rings is 1. The van der Waals surface area contributed by atoms with Crippen LogP contribution in [0, 0.1) is 5.92 Å². The smallest absolute Gasteiger partial charge is 0.311 e. The summed E-state index contributed by atoms with van der Waals surface area (Å²) < 4.78 is 7.50. The molecule has 1 saturated heterocycles. The first-order valence-electron chi connectivity index (χ1n) is 8.97. The van der Waals surface area contributed by atoms with Gasteiger partial charge in [-0.2, -0.15) is 0 Å². The summed E-state index contributed by atoms with van der Waals surface area (Å²) in [5.41, 5.74) is 1.42. The third-order valence-electron chi connectivity index (χ3n) is 4.28. The van der Waals surface area contributed by atoms with Gasteiger partial charge in [-0.3, -0.25) is 9.79 Å². The first-order valence-corrected chi connectivity index (χ1v) is 8.97. The van der Waals surface area contributed by atoms with Gasteiger partial charge in [0.2, 0.25) is 0 Å². The van der Waals surface area contributed by atoms with Crippen molar-refractivity contribution in [2.45, 2.75) is 39.3 Å². The fourth-order valence-electron chi connectivity index (χ4n) is 3.10. The van der Waals surface area contributed by atoms with Crippen LogP contribution in [0.5, 0.6) is 0 Å². The fourth-order valence-corrected chi connectivity index (χ4v) is 3.10. The summed E-state index contributed by atoms with van der Waals surface area (Å²) in [5.74, 6) is 0.548. The quantitative estimate of drug-likeness (QED) is 0.314. The molecule has 0 saturated carbocycles. The van der Waals surface area contributed by atoms with Crippen molar-refractivity contribution in [3.63, 3.8) is 0 Å². The van der Waals surface area contributed by atoms with Gasteiger partial charge in [0.05, 0.1) is 18.2 Å². The number of nitrogens with one attached hydrogen (secondary N) is 1. The van der Waals surface area contributed by atoms with Crippen LogP contribution in [-0.4, -0.2) is 52.0 Å². The Balaban J connectivity index is 0.00000261. The molecule has 1 fully saturated rings. The number of likely N-dealkylation sites (tertiary alicyclic amines) is 1. The third-order valence-corrected chi connectivity index (χ3v) is 4.28. The molecule has 3 heterocycles. The molecule has 3 rings (SSSR count). The number of fused-ring (bicyclic) bond motifs is 1. The second-order valence-electron chi connectivity index (χ2n) is 7.56. The maximum Gasteiger partial charge on any atom is 0.311 e. The minimum absolute atomic E-state index is 0. The van der Waals surface area contributed by atoms with E-state index in [1.165, 1.54) is 0 Å². The van der Waals surface area contributed by atoms with Crippen LogP contribution >= 0.6 is 24.0 Å². The van der Waals surface area contributed by atoms with E-state index in [1.807, 2.05) is 55.8 Å². The lowest BCUT2D eigenvalue weighted by Gasteiger charge is -2.23. The van der Waals surface area contributed by atoms with E-state index in [0.717, 1.165) is 30.3 Å². The molecule has 2 aromatic heterocycles. The van der Waals surface area contributed by atoms with Gasteiger partial charge in [-0.25, -0.2) is 4.98 Å². The maximum atomic E-state index is 12.3. The highest BCUT2D eigenvalue weighted by Crippen LogP contribution is 2.21. The minimum Gasteiger partial charge on any atom is -0.460 e. The molecule has 7 nitrogen and oxygen atoms in total. The Bertz CT molecular complexity index is 779. The number of esters is 1. The summed E-state index contributed by atoms with van der Waals surface area (Å²) in [6.45, 7) is 7.68. The molecule has 0 radical (unpaired) electrons. The fraction of sp³-hybridized carbons (Fsp3) is 0.526. The molecule has 1 aliphatic rings. The van der Waals surface area contributed by atoms with Gasteiger partial charge in [-0.05, 0) is 39.3 Å². The zero-order valence-corrected chi connectivity index (χ0v) is 18.6. The lowest BCUT2D eigenvalue weighted by Crippen LogP contribution is -2.40. The average Bonchev–Trinajstić information content (AvgIpc) is 3.20. The summed E-state index contributed by atoms with van der Waals surface area (Å²) in [5, 5.41) is 3.34. The molecular formula is C19H28IN5O2. The first-order chi connectivity index (χ1) is 12.4. The molecule has 0 aromatic carbocycles. The largest absolute Gasteiger partial charge is 0.460 e. The highest BCUT2D eigenvalue weighted by Gasteiger charge is 2.33. The summed E-state index contributed by atoms with van der Waals surface area (Å²) in [4.78, 5) is 23.3. The molecular weight excluding hydrogens is 457 g/mol. The second kappa shape index (κ2) is 8.90. The van der Waals surface area contributed by atoms with E-state index in [0.29, 0.717) is 13.1 Å². The lowest BCUT2D eigenvalue weighted by molar-refractivity contribution is -0.159.